The van der Waals surface area contributed by atoms with Gasteiger partial charge in [0.1, 0.15) is 6.10 Å². The second kappa shape index (κ2) is 2.37. The molecule has 13 heavy (non-hydrogen) atoms. The van der Waals surface area contributed by atoms with Gasteiger partial charge in [-0.3, -0.25) is 4.79 Å². The van der Waals surface area contributed by atoms with E-state index in [2.05, 4.69) is 27.4 Å². The molecule has 0 bridgehead atoms. The molecule has 1 aliphatic carbocycles. The van der Waals surface area contributed by atoms with Crippen LogP contribution in [-0.2, 0) is 9.53 Å². The lowest BCUT2D eigenvalue weighted by molar-refractivity contribution is -0.161. The molecule has 3 atom stereocenters. The van der Waals surface area contributed by atoms with E-state index in [1.807, 2.05) is 0 Å². The zero-order chi connectivity index (χ0) is 9.80. The van der Waals surface area contributed by atoms with Crippen LogP contribution in [-0.4, -0.2) is 12.1 Å². The summed E-state index contributed by atoms with van der Waals surface area (Å²) in [5.74, 6) is 0.408. The number of hydrogen-bond donors (Lipinski definition) is 0. The van der Waals surface area contributed by atoms with Gasteiger partial charge in [-0.05, 0) is 11.8 Å². The molecule has 2 aliphatic rings. The third kappa shape index (κ3) is 1.28. The quantitative estimate of drug-likeness (QED) is 0.422. The first-order valence-electron chi connectivity index (χ1n) is 4.80. The lowest BCUT2D eigenvalue weighted by Crippen LogP contribution is -2.35. The maximum absolute atomic E-state index is 11.4. The molecule has 0 aromatic rings. The van der Waals surface area contributed by atoms with Gasteiger partial charge in [-0.1, -0.05) is 32.9 Å². The minimum absolute atomic E-state index is 0.0404. The van der Waals surface area contributed by atoms with Crippen LogP contribution in [0.5, 0.6) is 0 Å². The van der Waals surface area contributed by atoms with E-state index in [1.54, 1.807) is 0 Å². The summed E-state index contributed by atoms with van der Waals surface area (Å²) in [4.78, 5) is 11.4. The number of hydrogen-bond acceptors (Lipinski definition) is 2. The second-order valence-corrected chi connectivity index (χ2v) is 5.19. The Balaban J connectivity index is 2.12. The van der Waals surface area contributed by atoms with E-state index >= 15 is 0 Å². The normalized spacial score (nSPS) is 38.2. The Morgan fingerprint density at radius 2 is 2.08 bits per heavy atom. The lowest BCUT2D eigenvalue weighted by atomic mass is 9.84. The van der Waals surface area contributed by atoms with Crippen molar-refractivity contribution in [2.24, 2.45) is 17.3 Å². The van der Waals surface area contributed by atoms with Crippen molar-refractivity contribution in [2.45, 2.75) is 33.3 Å². The van der Waals surface area contributed by atoms with Crippen molar-refractivity contribution in [2.75, 3.05) is 0 Å². The van der Waals surface area contributed by atoms with Crippen LogP contribution >= 0.6 is 0 Å². The molecule has 0 N–H and O–H groups in total. The molecule has 2 nitrogen and oxygen atoms in total. The van der Waals surface area contributed by atoms with Gasteiger partial charge in [-0.15, -0.1) is 0 Å². The predicted molar refractivity (Wildman–Crippen MR) is 50.1 cm³/mol. The maximum atomic E-state index is 11.4. The number of cyclic esters (lactones) is 1. The summed E-state index contributed by atoms with van der Waals surface area (Å²) in [5.41, 5.74) is 1.14. The number of carbonyl (C=O) groups is 1. The molecule has 1 heterocycles. The fourth-order valence-corrected chi connectivity index (χ4v) is 2.00. The van der Waals surface area contributed by atoms with Crippen molar-refractivity contribution in [3.8, 4) is 0 Å². The Morgan fingerprint density at radius 1 is 1.46 bits per heavy atom. The van der Waals surface area contributed by atoms with E-state index in [9.17, 15) is 4.79 Å². The zero-order valence-corrected chi connectivity index (χ0v) is 8.46. The third-order valence-electron chi connectivity index (χ3n) is 3.12. The topological polar surface area (TPSA) is 26.3 Å². The van der Waals surface area contributed by atoms with E-state index < -0.39 is 0 Å². The highest BCUT2D eigenvalue weighted by Crippen LogP contribution is 2.53. The Hall–Kier alpha value is -0.790. The molecule has 0 aromatic heterocycles. The van der Waals surface area contributed by atoms with Gasteiger partial charge in [0.2, 0.25) is 0 Å². The molecule has 2 fully saturated rings. The number of carbonyl (C=O) groups excluding carboxylic acids is 1. The monoisotopic (exact) mass is 180 g/mol. The van der Waals surface area contributed by atoms with Crippen LogP contribution in [0.4, 0.5) is 0 Å². The van der Waals surface area contributed by atoms with Crippen LogP contribution in [0, 0.1) is 17.3 Å². The van der Waals surface area contributed by atoms with Gasteiger partial charge in [-0.2, -0.15) is 0 Å². The van der Waals surface area contributed by atoms with E-state index in [4.69, 9.17) is 4.74 Å². The number of fused-ring (bicyclic) bond motifs is 1. The molecule has 1 saturated carbocycles. The van der Waals surface area contributed by atoms with Crippen molar-refractivity contribution < 1.29 is 9.53 Å². The largest absolute Gasteiger partial charge is 0.461 e. The van der Waals surface area contributed by atoms with E-state index in [1.165, 1.54) is 0 Å². The van der Waals surface area contributed by atoms with Crippen molar-refractivity contribution in [1.29, 1.82) is 0 Å². The molecule has 72 valence electrons. The molecule has 2 rings (SSSR count). The van der Waals surface area contributed by atoms with Crippen LogP contribution in [0.1, 0.15) is 27.2 Å². The van der Waals surface area contributed by atoms with Gasteiger partial charge in [0, 0.05) is 5.92 Å². The van der Waals surface area contributed by atoms with Crippen LogP contribution in [0.15, 0.2) is 12.2 Å². The summed E-state index contributed by atoms with van der Waals surface area (Å²) in [5, 5.41) is 0. The zero-order valence-electron chi connectivity index (χ0n) is 8.46. The molecule has 0 aromatic carbocycles. The van der Waals surface area contributed by atoms with Gasteiger partial charge in [0.15, 0.2) is 0 Å². The summed E-state index contributed by atoms with van der Waals surface area (Å²) in [6.07, 6.45) is 1.04. The van der Waals surface area contributed by atoms with Crippen LogP contribution in [0.25, 0.3) is 0 Å². The molecule has 0 spiro atoms. The first kappa shape index (κ1) is 8.79. The van der Waals surface area contributed by atoms with Gasteiger partial charge in [0.05, 0.1) is 5.92 Å². The van der Waals surface area contributed by atoms with E-state index in [0.29, 0.717) is 5.92 Å². The van der Waals surface area contributed by atoms with Gasteiger partial charge < -0.3 is 4.74 Å². The van der Waals surface area contributed by atoms with Crippen molar-refractivity contribution >= 4 is 5.97 Å². The number of ether oxygens (including phenoxy) is 1. The molecular formula is C11H16O2. The average molecular weight is 180 g/mol. The van der Waals surface area contributed by atoms with Crippen LogP contribution in [0.2, 0.25) is 0 Å². The second-order valence-electron chi connectivity index (χ2n) is 5.19. The van der Waals surface area contributed by atoms with E-state index in [0.717, 1.165) is 12.0 Å². The Kier molecular flexibility index (Phi) is 1.60. The van der Waals surface area contributed by atoms with Crippen molar-refractivity contribution in [3.63, 3.8) is 0 Å². The summed E-state index contributed by atoms with van der Waals surface area (Å²) >= 11 is 0. The third-order valence-corrected chi connectivity index (χ3v) is 3.12. The summed E-state index contributed by atoms with van der Waals surface area (Å²) in [7, 11) is 0. The summed E-state index contributed by atoms with van der Waals surface area (Å²) in [6.45, 7) is 10.2. The summed E-state index contributed by atoms with van der Waals surface area (Å²) in [6, 6.07) is 0. The minimum Gasteiger partial charge on any atom is -0.461 e. The smallest absolute Gasteiger partial charge is 0.313 e. The Labute approximate surface area is 79.0 Å². The molecule has 0 amide bonds. The standard InChI is InChI=1S/C11H16O2/c1-6-7-5-8(11(2,3)4)13-10(12)9(6)7/h7-9H,1,5H2,2-4H3/t7-,8?,9+/m0/s1. The first-order valence-corrected chi connectivity index (χ1v) is 4.80. The van der Waals surface area contributed by atoms with Gasteiger partial charge >= 0.3 is 5.97 Å². The molecule has 1 saturated heterocycles. The molecule has 1 aliphatic heterocycles. The minimum atomic E-state index is -0.0545. The maximum Gasteiger partial charge on any atom is 0.313 e. The molecule has 2 heteroatoms. The van der Waals surface area contributed by atoms with Crippen molar-refractivity contribution in [1.82, 2.24) is 0 Å². The highest BCUT2D eigenvalue weighted by atomic mass is 16.5. The van der Waals surface area contributed by atoms with Crippen molar-refractivity contribution in [3.05, 3.63) is 12.2 Å². The highest BCUT2D eigenvalue weighted by molar-refractivity contribution is 5.83. The van der Waals surface area contributed by atoms with Crippen LogP contribution < -0.4 is 0 Å². The average Bonchev–Trinajstić information content (AvgIpc) is 2.61. The molecular weight excluding hydrogens is 164 g/mol. The Bertz CT molecular complexity index is 272. The molecule has 1 unspecified atom stereocenters. The summed E-state index contributed by atoms with van der Waals surface area (Å²) < 4.78 is 5.38. The highest BCUT2D eigenvalue weighted by Gasteiger charge is 2.55. The van der Waals surface area contributed by atoms with E-state index in [-0.39, 0.29) is 23.4 Å². The SMILES string of the molecule is C=C1[C@H]2C(=O)OC(C(C)(C)C)C[C@@H]12. The number of rotatable bonds is 0. The van der Waals surface area contributed by atoms with Crippen LogP contribution in [0.3, 0.4) is 0 Å². The predicted octanol–water partition coefficient (Wildman–Crippen LogP) is 2.15. The molecule has 0 radical (unpaired) electrons. The van der Waals surface area contributed by atoms with Gasteiger partial charge in [0.25, 0.3) is 0 Å². The van der Waals surface area contributed by atoms with Gasteiger partial charge in [-0.25, -0.2) is 0 Å². The first-order chi connectivity index (χ1) is 5.91. The number of esters is 1. The lowest BCUT2D eigenvalue weighted by Gasteiger charge is -2.32. The fourth-order valence-electron chi connectivity index (χ4n) is 2.00. The Morgan fingerprint density at radius 3 is 2.54 bits per heavy atom. The fraction of sp³-hybridized carbons (Fsp3) is 0.727.